The molecule has 27 heavy (non-hydrogen) atoms. The molecule has 144 valence electrons. The Labute approximate surface area is 173 Å². The third-order valence-corrected chi connectivity index (χ3v) is 5.26. The van der Waals surface area contributed by atoms with E-state index in [2.05, 4.69) is 33.4 Å². The number of aliphatic hydroxyl groups is 1. The van der Waals surface area contributed by atoms with Crippen LogP contribution in [-0.2, 0) is 4.84 Å². The summed E-state index contributed by atoms with van der Waals surface area (Å²) in [7, 11) is 0. The van der Waals surface area contributed by atoms with Gasteiger partial charge in [-0.2, -0.15) is 0 Å². The smallest absolute Gasteiger partial charge is 0.277 e. The van der Waals surface area contributed by atoms with E-state index >= 15 is 0 Å². The molecule has 0 aromatic heterocycles. The fourth-order valence-corrected chi connectivity index (χ4v) is 3.48. The predicted octanol–water partition coefficient (Wildman–Crippen LogP) is 4.26. The van der Waals surface area contributed by atoms with Crippen LogP contribution in [-0.4, -0.2) is 24.2 Å². The molecule has 1 amide bonds. The number of halogens is 4. The summed E-state index contributed by atoms with van der Waals surface area (Å²) in [6.45, 7) is 0.322. The molecule has 2 atom stereocenters. The van der Waals surface area contributed by atoms with Crippen molar-refractivity contribution in [1.82, 2.24) is 5.48 Å². The molecule has 2 unspecified atom stereocenters. The quantitative estimate of drug-likeness (QED) is 0.386. The summed E-state index contributed by atoms with van der Waals surface area (Å²) in [4.78, 5) is 17.5. The van der Waals surface area contributed by atoms with Crippen molar-refractivity contribution in [3.05, 3.63) is 56.1 Å². The minimum Gasteiger partial charge on any atom is -0.396 e. The zero-order valence-electron chi connectivity index (χ0n) is 13.9. The Hall–Kier alpha value is -1.49. The fraction of sp³-hybridized carbons (Fsp3) is 0.278. The van der Waals surface area contributed by atoms with E-state index in [1.165, 1.54) is 0 Å². The van der Waals surface area contributed by atoms with Crippen molar-refractivity contribution in [3.8, 4) is 0 Å². The van der Waals surface area contributed by atoms with Crippen molar-refractivity contribution >= 4 is 51.5 Å². The molecular weight excluding hydrogens is 493 g/mol. The molecule has 9 heteroatoms. The normalized spacial score (nSPS) is 18.3. The van der Waals surface area contributed by atoms with Gasteiger partial charge in [-0.15, -0.1) is 0 Å². The molecule has 0 aliphatic heterocycles. The third kappa shape index (κ3) is 5.07. The second-order valence-corrected chi connectivity index (χ2v) is 7.89. The molecule has 1 aliphatic rings. The molecule has 0 spiro atoms. The van der Waals surface area contributed by atoms with E-state index in [1.54, 1.807) is 18.2 Å². The third-order valence-electron chi connectivity index (χ3n) is 4.27. The molecule has 0 heterocycles. The van der Waals surface area contributed by atoms with Crippen LogP contribution in [0.3, 0.4) is 0 Å². The molecule has 2 aromatic carbocycles. The number of hydroxylamine groups is 1. The van der Waals surface area contributed by atoms with E-state index in [9.17, 15) is 13.6 Å². The molecule has 1 aliphatic carbocycles. The summed E-state index contributed by atoms with van der Waals surface area (Å²) in [6, 6.07) is 6.84. The van der Waals surface area contributed by atoms with Gasteiger partial charge >= 0.3 is 0 Å². The second kappa shape index (κ2) is 8.68. The average molecular weight is 509 g/mol. The lowest BCUT2D eigenvalue weighted by molar-refractivity contribution is 0.0248. The van der Waals surface area contributed by atoms with Gasteiger partial charge in [-0.1, -0.05) is 11.6 Å². The number of anilines is 2. The minimum absolute atomic E-state index is 0.0535. The summed E-state index contributed by atoms with van der Waals surface area (Å²) in [5.74, 6) is -2.60. The number of carbonyl (C=O) groups excluding carboxylic acids is 1. The van der Waals surface area contributed by atoms with Crippen molar-refractivity contribution in [2.45, 2.75) is 6.42 Å². The minimum atomic E-state index is -1.15. The lowest BCUT2D eigenvalue weighted by atomic mass is 10.1. The van der Waals surface area contributed by atoms with E-state index in [0.29, 0.717) is 10.7 Å². The number of aliphatic hydroxyl groups excluding tert-OH is 1. The molecule has 1 fully saturated rings. The van der Waals surface area contributed by atoms with Gasteiger partial charge in [0.25, 0.3) is 5.91 Å². The van der Waals surface area contributed by atoms with E-state index in [4.69, 9.17) is 21.5 Å². The van der Waals surface area contributed by atoms with Crippen LogP contribution in [0.5, 0.6) is 0 Å². The SMILES string of the molecule is O=C(NOCC1CC1CO)c1cc(F)c(F)cc1Nc1ccc(I)cc1Cl. The monoisotopic (exact) mass is 508 g/mol. The average Bonchev–Trinajstić information content (AvgIpc) is 3.38. The van der Waals surface area contributed by atoms with Crippen LogP contribution in [0.15, 0.2) is 30.3 Å². The highest BCUT2D eigenvalue weighted by molar-refractivity contribution is 14.1. The Morgan fingerprint density at radius 1 is 1.22 bits per heavy atom. The first-order valence-electron chi connectivity index (χ1n) is 8.13. The van der Waals surface area contributed by atoms with Gasteiger partial charge in [0.1, 0.15) is 0 Å². The molecule has 0 radical (unpaired) electrons. The van der Waals surface area contributed by atoms with Gasteiger partial charge in [-0.05, 0) is 65.1 Å². The predicted molar refractivity (Wildman–Crippen MR) is 106 cm³/mol. The summed E-state index contributed by atoms with van der Waals surface area (Å²) in [5.41, 5.74) is 2.60. The second-order valence-electron chi connectivity index (χ2n) is 6.24. The van der Waals surface area contributed by atoms with Gasteiger partial charge in [0, 0.05) is 16.2 Å². The van der Waals surface area contributed by atoms with E-state index in [0.717, 1.165) is 22.1 Å². The number of hydrogen-bond donors (Lipinski definition) is 3. The highest BCUT2D eigenvalue weighted by Crippen LogP contribution is 2.37. The van der Waals surface area contributed by atoms with Gasteiger partial charge in [0.05, 0.1) is 28.6 Å². The van der Waals surface area contributed by atoms with E-state index in [-0.39, 0.29) is 36.3 Å². The lowest BCUT2D eigenvalue weighted by Gasteiger charge is -2.14. The molecule has 5 nitrogen and oxygen atoms in total. The fourth-order valence-electron chi connectivity index (χ4n) is 2.58. The van der Waals surface area contributed by atoms with Gasteiger partial charge in [-0.25, -0.2) is 14.3 Å². The van der Waals surface area contributed by atoms with Crippen LogP contribution >= 0.6 is 34.2 Å². The van der Waals surface area contributed by atoms with Crippen molar-refractivity contribution < 1.29 is 23.5 Å². The summed E-state index contributed by atoms with van der Waals surface area (Å²) >= 11 is 8.25. The van der Waals surface area contributed by atoms with Crippen molar-refractivity contribution in [2.75, 3.05) is 18.5 Å². The molecular formula is C18H16ClF2IN2O3. The number of hydrogen-bond acceptors (Lipinski definition) is 4. The van der Waals surface area contributed by atoms with Crippen LogP contribution < -0.4 is 10.8 Å². The topological polar surface area (TPSA) is 70.6 Å². The van der Waals surface area contributed by atoms with Crippen LogP contribution in [0, 0.1) is 27.0 Å². The Morgan fingerprint density at radius 3 is 2.63 bits per heavy atom. The van der Waals surface area contributed by atoms with Crippen molar-refractivity contribution in [1.29, 1.82) is 0 Å². The Balaban J connectivity index is 1.75. The Bertz CT molecular complexity index is 869. The number of nitrogens with one attached hydrogen (secondary N) is 2. The van der Waals surface area contributed by atoms with Gasteiger partial charge in [0.15, 0.2) is 11.6 Å². The maximum atomic E-state index is 13.7. The summed E-state index contributed by atoms with van der Waals surface area (Å²) in [6.07, 6.45) is 0.829. The van der Waals surface area contributed by atoms with Gasteiger partial charge < -0.3 is 10.4 Å². The summed E-state index contributed by atoms with van der Waals surface area (Å²) < 4.78 is 28.3. The van der Waals surface area contributed by atoms with Crippen molar-refractivity contribution in [2.24, 2.45) is 11.8 Å². The van der Waals surface area contributed by atoms with E-state index < -0.39 is 17.5 Å². The Kier molecular flexibility index (Phi) is 6.51. The molecule has 2 aromatic rings. The first-order valence-corrected chi connectivity index (χ1v) is 9.58. The van der Waals surface area contributed by atoms with Crippen LogP contribution in [0.1, 0.15) is 16.8 Å². The maximum absolute atomic E-state index is 13.7. The van der Waals surface area contributed by atoms with Gasteiger partial charge in [-0.3, -0.25) is 9.63 Å². The number of carbonyl (C=O) groups is 1. The van der Waals surface area contributed by atoms with E-state index in [1.807, 2.05) is 0 Å². The molecule has 3 rings (SSSR count). The van der Waals surface area contributed by atoms with Gasteiger partial charge in [0.2, 0.25) is 0 Å². The molecule has 0 bridgehead atoms. The van der Waals surface area contributed by atoms with Crippen molar-refractivity contribution in [3.63, 3.8) is 0 Å². The zero-order valence-corrected chi connectivity index (χ0v) is 16.9. The first-order chi connectivity index (χ1) is 12.9. The lowest BCUT2D eigenvalue weighted by Crippen LogP contribution is -2.26. The molecule has 1 saturated carbocycles. The highest BCUT2D eigenvalue weighted by Gasteiger charge is 2.36. The Morgan fingerprint density at radius 2 is 1.96 bits per heavy atom. The largest absolute Gasteiger partial charge is 0.396 e. The molecule has 0 saturated heterocycles. The molecule has 3 N–H and O–H groups in total. The zero-order chi connectivity index (χ0) is 19.6. The number of benzene rings is 2. The standard InChI is InChI=1S/C18H16ClF2IN2O3/c19-13-4-11(22)1-2-16(13)23-17-6-15(21)14(20)5-12(17)18(26)24-27-8-10-3-9(10)7-25/h1-2,4-6,9-10,23,25H,3,7-8H2,(H,24,26). The van der Waals surface area contributed by atoms with Crippen LogP contribution in [0.2, 0.25) is 5.02 Å². The van der Waals surface area contributed by atoms with Crippen LogP contribution in [0.25, 0.3) is 0 Å². The first kappa shape index (κ1) is 20.2. The number of amides is 1. The summed E-state index contributed by atoms with van der Waals surface area (Å²) in [5, 5.41) is 12.2. The number of rotatable bonds is 7. The highest BCUT2D eigenvalue weighted by atomic mass is 127. The maximum Gasteiger partial charge on any atom is 0.277 e. The van der Waals surface area contributed by atoms with Crippen LogP contribution in [0.4, 0.5) is 20.2 Å².